The summed E-state index contributed by atoms with van der Waals surface area (Å²) in [4.78, 5) is 26.8. The Labute approximate surface area is 175 Å². The Hall–Kier alpha value is -3.43. The van der Waals surface area contributed by atoms with Gasteiger partial charge in [-0.1, -0.05) is 29.8 Å². The molecule has 3 N–H and O–H groups in total. The minimum atomic E-state index is -0.664. The van der Waals surface area contributed by atoms with Crippen molar-refractivity contribution in [3.05, 3.63) is 79.8 Å². The predicted molar refractivity (Wildman–Crippen MR) is 112 cm³/mol. The van der Waals surface area contributed by atoms with E-state index in [1.165, 1.54) is 17.7 Å². The topological polar surface area (TPSA) is 109 Å². The Morgan fingerprint density at radius 2 is 2.07 bits per heavy atom. The van der Waals surface area contributed by atoms with Gasteiger partial charge in [0, 0.05) is 6.07 Å². The van der Waals surface area contributed by atoms with Crippen LogP contribution in [0.4, 0.5) is 0 Å². The van der Waals surface area contributed by atoms with Crippen molar-refractivity contribution in [3.63, 3.8) is 0 Å². The molecule has 0 fully saturated rings. The highest BCUT2D eigenvalue weighted by Gasteiger charge is 2.14. The number of aromatic hydroxyl groups is 1. The molecular weight excluding hydrogens is 416 g/mol. The van der Waals surface area contributed by atoms with Crippen LogP contribution in [0.25, 0.3) is 5.69 Å². The molecule has 1 aromatic heterocycles. The standard InChI is InChI=1S/C19H15ClN4O4S/c1-28-12-6-4-5-11(9-12)24-18(27)14(16(25)22-19(24)29)10-21-23-17(26)13-7-2-3-8-15(13)20/h2-10,27H,1H3,(H,23,26)(H,22,25,29)/b21-10+. The number of rotatable bonds is 5. The van der Waals surface area contributed by atoms with E-state index in [-0.39, 0.29) is 20.9 Å². The van der Waals surface area contributed by atoms with E-state index in [0.29, 0.717) is 11.4 Å². The van der Waals surface area contributed by atoms with Crippen molar-refractivity contribution in [1.29, 1.82) is 0 Å². The quantitative estimate of drug-likeness (QED) is 0.327. The summed E-state index contributed by atoms with van der Waals surface area (Å²) in [6.45, 7) is 0. The van der Waals surface area contributed by atoms with Gasteiger partial charge < -0.3 is 9.84 Å². The summed E-state index contributed by atoms with van der Waals surface area (Å²) < 4.78 is 6.40. The third kappa shape index (κ3) is 4.36. The molecule has 1 heterocycles. The van der Waals surface area contributed by atoms with Crippen LogP contribution < -0.4 is 15.7 Å². The van der Waals surface area contributed by atoms with Crippen LogP contribution in [0.2, 0.25) is 5.02 Å². The molecule has 0 saturated heterocycles. The van der Waals surface area contributed by atoms with E-state index in [4.69, 9.17) is 28.6 Å². The Kier molecular flexibility index (Phi) is 6.10. The first-order chi connectivity index (χ1) is 13.9. The van der Waals surface area contributed by atoms with Crippen LogP contribution in [0.5, 0.6) is 11.6 Å². The number of ether oxygens (including phenoxy) is 1. The molecule has 0 unspecified atom stereocenters. The van der Waals surface area contributed by atoms with Gasteiger partial charge in [-0.2, -0.15) is 5.10 Å². The lowest BCUT2D eigenvalue weighted by molar-refractivity contribution is 0.0955. The summed E-state index contributed by atoms with van der Waals surface area (Å²) in [5.41, 5.74) is 2.09. The summed E-state index contributed by atoms with van der Waals surface area (Å²) in [5, 5.41) is 14.6. The maximum Gasteiger partial charge on any atom is 0.272 e. The third-order valence-corrected chi connectivity index (χ3v) is 4.52. The van der Waals surface area contributed by atoms with Crippen molar-refractivity contribution in [1.82, 2.24) is 15.0 Å². The number of aromatic nitrogens is 2. The lowest BCUT2D eigenvalue weighted by atomic mass is 10.2. The molecule has 148 valence electrons. The van der Waals surface area contributed by atoms with Gasteiger partial charge in [-0.15, -0.1) is 0 Å². The number of nitrogens with one attached hydrogen (secondary N) is 2. The zero-order chi connectivity index (χ0) is 21.0. The lowest BCUT2D eigenvalue weighted by Crippen LogP contribution is -2.21. The van der Waals surface area contributed by atoms with Gasteiger partial charge in [-0.05, 0) is 36.5 Å². The minimum Gasteiger partial charge on any atom is -0.497 e. The number of benzene rings is 2. The number of H-pyrrole nitrogens is 1. The lowest BCUT2D eigenvalue weighted by Gasteiger charge is -2.12. The number of hydrogen-bond acceptors (Lipinski definition) is 6. The summed E-state index contributed by atoms with van der Waals surface area (Å²) in [7, 11) is 1.50. The molecule has 3 aromatic rings. The largest absolute Gasteiger partial charge is 0.497 e. The molecular formula is C19H15ClN4O4S. The van der Waals surface area contributed by atoms with Gasteiger partial charge in [0.05, 0.1) is 29.6 Å². The highest BCUT2D eigenvalue weighted by molar-refractivity contribution is 7.71. The number of aromatic amines is 1. The average molecular weight is 431 g/mol. The number of carbonyl (C=O) groups excluding carboxylic acids is 1. The molecule has 1 amide bonds. The predicted octanol–water partition coefficient (Wildman–Crippen LogP) is 3.03. The Morgan fingerprint density at radius 3 is 2.79 bits per heavy atom. The number of methoxy groups -OCH3 is 1. The van der Waals surface area contributed by atoms with Gasteiger partial charge in [0.25, 0.3) is 11.5 Å². The van der Waals surface area contributed by atoms with Crippen molar-refractivity contribution in [3.8, 4) is 17.3 Å². The molecule has 0 bridgehead atoms. The Balaban J connectivity index is 1.95. The van der Waals surface area contributed by atoms with E-state index >= 15 is 0 Å². The molecule has 29 heavy (non-hydrogen) atoms. The normalized spacial score (nSPS) is 10.8. The second kappa shape index (κ2) is 8.72. The molecule has 0 saturated carbocycles. The zero-order valence-electron chi connectivity index (χ0n) is 15.0. The maximum atomic E-state index is 12.2. The Bertz CT molecular complexity index is 1220. The number of amides is 1. The number of nitrogens with zero attached hydrogens (tertiary/aromatic N) is 2. The van der Waals surface area contributed by atoms with E-state index in [1.807, 2.05) is 0 Å². The monoisotopic (exact) mass is 430 g/mol. The van der Waals surface area contributed by atoms with Crippen LogP contribution in [0, 0.1) is 4.77 Å². The second-order valence-electron chi connectivity index (χ2n) is 5.71. The number of carbonyl (C=O) groups is 1. The molecule has 0 atom stereocenters. The summed E-state index contributed by atoms with van der Waals surface area (Å²) in [6.07, 6.45) is 1.02. The number of hydrogen-bond donors (Lipinski definition) is 3. The van der Waals surface area contributed by atoms with E-state index in [2.05, 4.69) is 15.5 Å². The van der Waals surface area contributed by atoms with E-state index < -0.39 is 17.3 Å². The van der Waals surface area contributed by atoms with Crippen LogP contribution in [-0.4, -0.2) is 33.9 Å². The smallest absolute Gasteiger partial charge is 0.272 e. The molecule has 10 heteroatoms. The van der Waals surface area contributed by atoms with Crippen LogP contribution in [0.3, 0.4) is 0 Å². The SMILES string of the molecule is COc1cccc(-n2c(O)c(/C=N/NC(=O)c3ccccc3Cl)c(=O)[nH]c2=S)c1. The van der Waals surface area contributed by atoms with E-state index in [0.717, 1.165) is 6.21 Å². The molecule has 0 spiro atoms. The first-order valence-corrected chi connectivity index (χ1v) is 9.01. The molecule has 0 radical (unpaired) electrons. The summed E-state index contributed by atoms with van der Waals surface area (Å²) in [5.74, 6) is -0.469. The van der Waals surface area contributed by atoms with Gasteiger partial charge in [0.15, 0.2) is 4.77 Å². The van der Waals surface area contributed by atoms with Crippen molar-refractivity contribution in [2.75, 3.05) is 7.11 Å². The van der Waals surface area contributed by atoms with Gasteiger partial charge in [-0.25, -0.2) is 5.43 Å². The van der Waals surface area contributed by atoms with Gasteiger partial charge in [-0.3, -0.25) is 19.1 Å². The van der Waals surface area contributed by atoms with E-state index in [9.17, 15) is 14.7 Å². The van der Waals surface area contributed by atoms with E-state index in [1.54, 1.807) is 42.5 Å². The average Bonchev–Trinajstić information content (AvgIpc) is 2.70. The Morgan fingerprint density at radius 1 is 1.31 bits per heavy atom. The fraction of sp³-hybridized carbons (Fsp3) is 0.0526. The van der Waals surface area contributed by atoms with Crippen molar-refractivity contribution < 1.29 is 14.6 Å². The summed E-state index contributed by atoms with van der Waals surface area (Å²) >= 11 is 11.1. The molecule has 8 nitrogen and oxygen atoms in total. The first-order valence-electron chi connectivity index (χ1n) is 8.23. The van der Waals surface area contributed by atoms with Gasteiger partial charge >= 0.3 is 0 Å². The number of hydrazone groups is 1. The van der Waals surface area contributed by atoms with Crippen LogP contribution >= 0.6 is 23.8 Å². The fourth-order valence-corrected chi connectivity index (χ4v) is 3.01. The van der Waals surface area contributed by atoms with Gasteiger partial charge in [0.1, 0.15) is 11.3 Å². The van der Waals surface area contributed by atoms with Gasteiger partial charge in [0.2, 0.25) is 5.88 Å². The summed E-state index contributed by atoms with van der Waals surface area (Å²) in [6, 6.07) is 13.2. The van der Waals surface area contributed by atoms with Crippen molar-refractivity contribution >= 4 is 35.9 Å². The fourth-order valence-electron chi connectivity index (χ4n) is 2.51. The first kappa shape index (κ1) is 20.3. The molecule has 0 aliphatic carbocycles. The molecule has 3 rings (SSSR count). The zero-order valence-corrected chi connectivity index (χ0v) is 16.6. The second-order valence-corrected chi connectivity index (χ2v) is 6.51. The van der Waals surface area contributed by atoms with Crippen LogP contribution in [0.1, 0.15) is 15.9 Å². The molecule has 0 aliphatic heterocycles. The highest BCUT2D eigenvalue weighted by atomic mass is 35.5. The van der Waals surface area contributed by atoms with Crippen molar-refractivity contribution in [2.45, 2.75) is 0 Å². The minimum absolute atomic E-state index is 0.0157. The number of halogens is 1. The molecule has 2 aromatic carbocycles. The maximum absolute atomic E-state index is 12.2. The van der Waals surface area contributed by atoms with Crippen LogP contribution in [0.15, 0.2) is 58.4 Å². The molecule has 0 aliphatic rings. The van der Waals surface area contributed by atoms with Crippen molar-refractivity contribution in [2.24, 2.45) is 5.10 Å². The highest BCUT2D eigenvalue weighted by Crippen LogP contribution is 2.22. The van der Waals surface area contributed by atoms with Crippen LogP contribution in [-0.2, 0) is 0 Å². The third-order valence-electron chi connectivity index (χ3n) is 3.91.